The Balaban J connectivity index is 2.54. The third kappa shape index (κ3) is 2.53. The fourth-order valence-corrected chi connectivity index (χ4v) is 2.07. The third-order valence-electron chi connectivity index (χ3n) is 3.17. The minimum absolute atomic E-state index is 0.000480. The van der Waals surface area contributed by atoms with Crippen molar-refractivity contribution in [2.45, 2.75) is 0 Å². The molecule has 0 aliphatic carbocycles. The molecule has 1 aromatic rings. The minimum Gasteiger partial charge on any atom is -0.507 e. The van der Waals surface area contributed by atoms with Gasteiger partial charge in [-0.05, 0) is 24.4 Å². The van der Waals surface area contributed by atoms with Gasteiger partial charge in [0.05, 0.1) is 4.92 Å². The second-order valence-electron chi connectivity index (χ2n) is 4.57. The summed E-state index contributed by atoms with van der Waals surface area (Å²) < 4.78 is 0. The third-order valence-corrected chi connectivity index (χ3v) is 3.71. The standard InChI is InChI=1S/C13H11N3O5S/c1-14-11(18)9(12(19)15(2)13(14)22)6-7-5-8(16(20)21)3-4-10(7)17/h3-6,17H,1-2H3. The lowest BCUT2D eigenvalue weighted by Gasteiger charge is -2.31. The summed E-state index contributed by atoms with van der Waals surface area (Å²) in [5.74, 6) is -1.56. The smallest absolute Gasteiger partial charge is 0.270 e. The van der Waals surface area contributed by atoms with Gasteiger partial charge in [0, 0.05) is 31.8 Å². The molecule has 0 aromatic heterocycles. The van der Waals surface area contributed by atoms with Gasteiger partial charge in [-0.1, -0.05) is 0 Å². The van der Waals surface area contributed by atoms with Crippen LogP contribution in [-0.2, 0) is 9.59 Å². The molecule has 8 nitrogen and oxygen atoms in total. The van der Waals surface area contributed by atoms with Crippen LogP contribution in [0.25, 0.3) is 6.08 Å². The Hall–Kier alpha value is -2.81. The van der Waals surface area contributed by atoms with Gasteiger partial charge in [0.2, 0.25) is 0 Å². The maximum Gasteiger partial charge on any atom is 0.270 e. The Morgan fingerprint density at radius 1 is 1.23 bits per heavy atom. The Labute approximate surface area is 130 Å². The van der Waals surface area contributed by atoms with Crippen LogP contribution in [0.5, 0.6) is 5.75 Å². The van der Waals surface area contributed by atoms with E-state index in [1.807, 2.05) is 0 Å². The van der Waals surface area contributed by atoms with Gasteiger partial charge in [0.25, 0.3) is 17.5 Å². The Kier molecular flexibility index (Phi) is 3.91. The topological polar surface area (TPSA) is 104 Å². The highest BCUT2D eigenvalue weighted by molar-refractivity contribution is 7.80. The van der Waals surface area contributed by atoms with Crippen LogP contribution < -0.4 is 0 Å². The summed E-state index contributed by atoms with van der Waals surface area (Å²) >= 11 is 4.95. The van der Waals surface area contributed by atoms with E-state index < -0.39 is 16.7 Å². The molecule has 1 aliphatic rings. The molecule has 1 fully saturated rings. The molecule has 1 aromatic carbocycles. The van der Waals surface area contributed by atoms with Crippen molar-refractivity contribution in [1.29, 1.82) is 0 Å². The molecule has 2 rings (SSSR count). The monoisotopic (exact) mass is 321 g/mol. The summed E-state index contributed by atoms with van der Waals surface area (Å²) in [6, 6.07) is 3.32. The van der Waals surface area contributed by atoms with E-state index in [1.54, 1.807) is 0 Å². The van der Waals surface area contributed by atoms with Gasteiger partial charge in [-0.3, -0.25) is 29.5 Å². The van der Waals surface area contributed by atoms with Crippen LogP contribution in [0.1, 0.15) is 5.56 Å². The number of nitrogens with zero attached hydrogens (tertiary/aromatic N) is 3. The Morgan fingerprint density at radius 2 is 1.77 bits per heavy atom. The van der Waals surface area contributed by atoms with Crippen molar-refractivity contribution >= 4 is 40.9 Å². The quantitative estimate of drug-likeness (QED) is 0.285. The lowest BCUT2D eigenvalue weighted by molar-refractivity contribution is -0.384. The number of likely N-dealkylation sites (N-methyl/N-ethyl adjacent to an activating group) is 2. The number of aromatic hydroxyl groups is 1. The maximum absolute atomic E-state index is 12.1. The second kappa shape index (κ2) is 5.53. The summed E-state index contributed by atoms with van der Waals surface area (Å²) in [6.45, 7) is 0. The van der Waals surface area contributed by atoms with Gasteiger partial charge >= 0.3 is 0 Å². The first-order valence-electron chi connectivity index (χ1n) is 6.03. The molecule has 0 saturated carbocycles. The Bertz CT molecular complexity index is 717. The molecule has 114 valence electrons. The van der Waals surface area contributed by atoms with Crippen molar-refractivity contribution in [1.82, 2.24) is 9.80 Å². The van der Waals surface area contributed by atoms with E-state index >= 15 is 0 Å². The van der Waals surface area contributed by atoms with Crippen LogP contribution in [0.2, 0.25) is 0 Å². The van der Waals surface area contributed by atoms with Gasteiger partial charge in [-0.2, -0.15) is 0 Å². The van der Waals surface area contributed by atoms with Crippen molar-refractivity contribution in [2.75, 3.05) is 14.1 Å². The van der Waals surface area contributed by atoms with Crippen molar-refractivity contribution in [3.05, 3.63) is 39.4 Å². The first-order chi connectivity index (χ1) is 10.2. The molecular formula is C13H11N3O5S. The predicted molar refractivity (Wildman–Crippen MR) is 80.9 cm³/mol. The number of carbonyl (C=O) groups is 2. The van der Waals surface area contributed by atoms with Crippen LogP contribution in [-0.4, -0.2) is 50.9 Å². The van der Waals surface area contributed by atoms with E-state index in [1.165, 1.54) is 14.1 Å². The number of carbonyl (C=O) groups excluding carboxylic acids is 2. The molecule has 0 unspecified atom stereocenters. The van der Waals surface area contributed by atoms with Crippen LogP contribution in [0.4, 0.5) is 5.69 Å². The number of nitro benzene ring substituents is 1. The molecule has 1 heterocycles. The molecule has 0 radical (unpaired) electrons. The summed E-state index contributed by atoms with van der Waals surface area (Å²) in [4.78, 5) is 36.6. The number of rotatable bonds is 2. The molecular weight excluding hydrogens is 310 g/mol. The molecule has 1 saturated heterocycles. The number of thiocarbonyl (C=S) groups is 1. The van der Waals surface area contributed by atoms with E-state index in [2.05, 4.69) is 0 Å². The lowest BCUT2D eigenvalue weighted by Crippen LogP contribution is -2.52. The average molecular weight is 321 g/mol. The number of non-ortho nitro benzene ring substituents is 1. The fraction of sp³-hybridized carbons (Fsp3) is 0.154. The zero-order valence-corrected chi connectivity index (χ0v) is 12.5. The number of hydrogen-bond acceptors (Lipinski definition) is 6. The van der Waals surface area contributed by atoms with E-state index in [4.69, 9.17) is 12.2 Å². The SMILES string of the molecule is CN1C(=O)C(=Cc2cc([N+](=O)[O-])ccc2O)C(=O)N(C)C1=S. The van der Waals surface area contributed by atoms with Crippen LogP contribution in [0.3, 0.4) is 0 Å². The normalized spacial score (nSPS) is 15.4. The average Bonchev–Trinajstić information content (AvgIpc) is 2.49. The highest BCUT2D eigenvalue weighted by atomic mass is 32.1. The molecule has 9 heteroatoms. The summed E-state index contributed by atoms with van der Waals surface area (Å²) in [7, 11) is 2.82. The number of nitro groups is 1. The minimum atomic E-state index is -0.640. The van der Waals surface area contributed by atoms with E-state index in [9.17, 15) is 24.8 Å². The van der Waals surface area contributed by atoms with Crippen LogP contribution in [0, 0.1) is 10.1 Å². The number of benzene rings is 1. The van der Waals surface area contributed by atoms with Crippen LogP contribution in [0.15, 0.2) is 23.8 Å². The first-order valence-corrected chi connectivity index (χ1v) is 6.44. The molecule has 0 bridgehead atoms. The van der Waals surface area contributed by atoms with Crippen molar-refractivity contribution in [3.63, 3.8) is 0 Å². The van der Waals surface area contributed by atoms with Crippen molar-refractivity contribution < 1.29 is 19.6 Å². The van der Waals surface area contributed by atoms with Crippen molar-refractivity contribution in [2.24, 2.45) is 0 Å². The number of phenols is 1. The van der Waals surface area contributed by atoms with Gasteiger partial charge in [-0.25, -0.2) is 0 Å². The summed E-state index contributed by atoms with van der Waals surface area (Å²) in [5.41, 5.74) is -0.507. The van der Waals surface area contributed by atoms with E-state index in [-0.39, 0.29) is 27.7 Å². The van der Waals surface area contributed by atoms with Gasteiger partial charge in [0.15, 0.2) is 5.11 Å². The number of amides is 2. The van der Waals surface area contributed by atoms with Crippen LogP contribution >= 0.6 is 12.2 Å². The maximum atomic E-state index is 12.1. The zero-order valence-electron chi connectivity index (χ0n) is 11.6. The summed E-state index contributed by atoms with van der Waals surface area (Å²) in [6.07, 6.45) is 1.11. The van der Waals surface area contributed by atoms with E-state index in [0.29, 0.717) is 0 Å². The Morgan fingerprint density at radius 3 is 2.27 bits per heavy atom. The highest BCUT2D eigenvalue weighted by Crippen LogP contribution is 2.27. The fourth-order valence-electron chi connectivity index (χ4n) is 1.90. The molecule has 0 spiro atoms. The lowest BCUT2D eigenvalue weighted by atomic mass is 10.1. The second-order valence-corrected chi connectivity index (χ2v) is 4.93. The van der Waals surface area contributed by atoms with Crippen molar-refractivity contribution in [3.8, 4) is 5.75 Å². The molecule has 2 amide bonds. The number of phenolic OH excluding ortho intramolecular Hbond substituents is 1. The highest BCUT2D eigenvalue weighted by Gasteiger charge is 2.35. The molecule has 22 heavy (non-hydrogen) atoms. The molecule has 1 N–H and O–H groups in total. The summed E-state index contributed by atoms with van der Waals surface area (Å²) in [5, 5.41) is 20.6. The van der Waals surface area contributed by atoms with Gasteiger partial charge in [-0.15, -0.1) is 0 Å². The predicted octanol–water partition coefficient (Wildman–Crippen LogP) is 0.899. The largest absolute Gasteiger partial charge is 0.507 e. The van der Waals surface area contributed by atoms with Gasteiger partial charge < -0.3 is 5.11 Å². The molecule has 1 aliphatic heterocycles. The number of hydrogen-bond donors (Lipinski definition) is 1. The molecule has 0 atom stereocenters. The van der Waals surface area contributed by atoms with E-state index in [0.717, 1.165) is 34.1 Å². The first kappa shape index (κ1) is 15.6. The zero-order chi connectivity index (χ0) is 16.6. The van der Waals surface area contributed by atoms with Gasteiger partial charge in [0.1, 0.15) is 11.3 Å².